The van der Waals surface area contributed by atoms with Crippen molar-refractivity contribution in [1.29, 1.82) is 0 Å². The molecule has 5 atom stereocenters. The molecule has 14 heteroatoms. The summed E-state index contributed by atoms with van der Waals surface area (Å²) in [5.74, 6) is -6.43. The molecule has 2 aliphatic rings. The van der Waals surface area contributed by atoms with Gasteiger partial charge in [0, 0.05) is 49.1 Å². The molecule has 1 saturated heterocycles. The SMILES string of the molecule is C=CC(F)(F)c1cccc2c3c([nH]c12)CC[C@](NC(=O)[C@@H](NC(=O)Cc1ccccc1F)C(C)CC)(C(=O)N[C@H](NC(=O)CCN1CCOCC1)C(C)CC)C3. The lowest BCUT2D eigenvalue weighted by Gasteiger charge is -2.40. The van der Waals surface area contributed by atoms with Gasteiger partial charge in [-0.2, -0.15) is 8.78 Å². The minimum Gasteiger partial charge on any atom is -0.379 e. The molecule has 1 aliphatic carbocycles. The minimum absolute atomic E-state index is 0.0579. The second-order valence-corrected chi connectivity index (χ2v) is 15.2. The quantitative estimate of drug-likeness (QED) is 0.0961. The molecule has 4 amide bonds. The van der Waals surface area contributed by atoms with Crippen LogP contribution in [0.1, 0.15) is 75.8 Å². The summed E-state index contributed by atoms with van der Waals surface area (Å²) in [6.07, 6.45) is 1.09. The van der Waals surface area contributed by atoms with E-state index in [1.165, 1.54) is 30.3 Å². The van der Waals surface area contributed by atoms with E-state index in [1.807, 2.05) is 20.8 Å². The van der Waals surface area contributed by atoms with Crippen molar-refractivity contribution in [2.45, 2.75) is 96.3 Å². The average molecular weight is 781 g/mol. The zero-order chi connectivity index (χ0) is 40.6. The van der Waals surface area contributed by atoms with Gasteiger partial charge in [-0.3, -0.25) is 24.1 Å². The average Bonchev–Trinajstić information content (AvgIpc) is 3.57. The Kier molecular flexibility index (Phi) is 14.0. The maximum Gasteiger partial charge on any atom is 0.293 e. The van der Waals surface area contributed by atoms with Crippen molar-refractivity contribution in [3.63, 3.8) is 0 Å². The highest BCUT2D eigenvalue weighted by molar-refractivity contribution is 5.97. The van der Waals surface area contributed by atoms with Crippen molar-refractivity contribution in [2.75, 3.05) is 32.8 Å². The van der Waals surface area contributed by atoms with Crippen LogP contribution in [-0.2, 0) is 49.1 Å². The number of hydrogen-bond donors (Lipinski definition) is 5. The molecule has 5 N–H and O–H groups in total. The van der Waals surface area contributed by atoms with Gasteiger partial charge in [-0.25, -0.2) is 4.39 Å². The number of aromatic nitrogens is 1. The lowest BCUT2D eigenvalue weighted by Crippen LogP contribution is -2.67. The number of amides is 4. The van der Waals surface area contributed by atoms with Gasteiger partial charge >= 0.3 is 0 Å². The molecule has 304 valence electrons. The molecule has 1 aromatic heterocycles. The Bertz CT molecular complexity index is 1900. The molecule has 2 heterocycles. The molecular formula is C42H55F3N6O5. The van der Waals surface area contributed by atoms with Gasteiger partial charge < -0.3 is 31.0 Å². The minimum atomic E-state index is -3.33. The smallest absolute Gasteiger partial charge is 0.293 e. The van der Waals surface area contributed by atoms with E-state index in [0.717, 1.165) is 13.1 Å². The van der Waals surface area contributed by atoms with Crippen LogP contribution in [0.25, 0.3) is 10.9 Å². The highest BCUT2D eigenvalue weighted by Gasteiger charge is 2.47. The second kappa shape index (κ2) is 18.5. The van der Waals surface area contributed by atoms with Gasteiger partial charge in [-0.05, 0) is 54.4 Å². The number of nitrogens with one attached hydrogen (secondary N) is 5. The predicted octanol–water partition coefficient (Wildman–Crippen LogP) is 5.03. The van der Waals surface area contributed by atoms with Gasteiger partial charge in [0.25, 0.3) is 5.92 Å². The summed E-state index contributed by atoms with van der Waals surface area (Å²) in [6, 6.07) is 9.36. The molecule has 0 saturated carbocycles. The maximum absolute atomic E-state index is 15.1. The molecule has 2 unspecified atom stereocenters. The first-order chi connectivity index (χ1) is 26.7. The summed E-state index contributed by atoms with van der Waals surface area (Å²) >= 11 is 0. The van der Waals surface area contributed by atoms with Crippen LogP contribution in [0.5, 0.6) is 0 Å². The van der Waals surface area contributed by atoms with Crippen molar-refractivity contribution in [2.24, 2.45) is 11.8 Å². The molecule has 0 bridgehead atoms. The van der Waals surface area contributed by atoms with Crippen LogP contribution >= 0.6 is 0 Å². The lowest BCUT2D eigenvalue weighted by molar-refractivity contribution is -0.138. The van der Waals surface area contributed by atoms with Crippen molar-refractivity contribution in [3.05, 3.63) is 83.3 Å². The Balaban J connectivity index is 1.46. The summed E-state index contributed by atoms with van der Waals surface area (Å²) < 4.78 is 50.0. The molecule has 0 radical (unpaired) electrons. The number of halogens is 3. The summed E-state index contributed by atoms with van der Waals surface area (Å²) in [5.41, 5.74) is -0.217. The number of nitrogens with zero attached hydrogens (tertiary/aromatic N) is 1. The van der Waals surface area contributed by atoms with Gasteiger partial charge in [0.15, 0.2) is 0 Å². The molecule has 3 aromatic rings. The highest BCUT2D eigenvalue weighted by atomic mass is 19.3. The second-order valence-electron chi connectivity index (χ2n) is 15.2. The number of ether oxygens (including phenoxy) is 1. The highest BCUT2D eigenvalue weighted by Crippen LogP contribution is 2.40. The number of carbonyl (C=O) groups excluding carboxylic acids is 4. The van der Waals surface area contributed by atoms with Crippen LogP contribution in [0.3, 0.4) is 0 Å². The molecule has 1 aliphatic heterocycles. The molecule has 11 nitrogen and oxygen atoms in total. The van der Waals surface area contributed by atoms with Crippen molar-refractivity contribution in [1.82, 2.24) is 31.2 Å². The zero-order valence-corrected chi connectivity index (χ0v) is 32.7. The molecule has 2 aromatic carbocycles. The predicted molar refractivity (Wildman–Crippen MR) is 208 cm³/mol. The van der Waals surface area contributed by atoms with E-state index >= 15 is 8.78 Å². The third-order valence-electron chi connectivity index (χ3n) is 11.4. The fourth-order valence-electron chi connectivity index (χ4n) is 7.44. The van der Waals surface area contributed by atoms with Crippen molar-refractivity contribution >= 4 is 34.5 Å². The Hall–Kier alpha value is -4.69. The number of carbonyl (C=O) groups is 4. The number of allylic oxidation sites excluding steroid dienone is 1. The summed E-state index contributed by atoms with van der Waals surface area (Å²) in [7, 11) is 0. The number of aryl methyl sites for hydroxylation is 1. The van der Waals surface area contributed by atoms with Gasteiger partial charge in [-0.1, -0.05) is 77.1 Å². The van der Waals surface area contributed by atoms with Crippen LogP contribution in [-0.4, -0.2) is 84.1 Å². The standard InChI is InChI=1S/C42H55F3N6O5/c1-6-26(4)36(47-35(53)24-28-12-9-10-15-32(28)43)39(54)50-41(18-16-33-30(25-41)29-13-11-14-31(37(29)46-33)42(44,45)8-3)40(55)49-38(27(5)7-2)48-34(52)17-19-51-20-22-56-23-21-51/h8-15,26-27,36,38,46H,3,6-7,16-25H2,1-2,4-5H3,(H,47,53)(H,48,52)(H,49,55)(H,50,54)/t26?,27?,36-,38-,41+/m0/s1. The number of morpholine rings is 1. The Morgan fingerprint density at radius 1 is 0.982 bits per heavy atom. The van der Waals surface area contributed by atoms with Crippen molar-refractivity contribution in [3.8, 4) is 0 Å². The van der Waals surface area contributed by atoms with E-state index in [0.29, 0.717) is 55.3 Å². The number of para-hydroxylation sites is 1. The van der Waals surface area contributed by atoms with Crippen LogP contribution in [0, 0.1) is 17.7 Å². The number of rotatable bonds is 17. The Labute approximate surface area is 326 Å². The Morgan fingerprint density at radius 3 is 2.38 bits per heavy atom. The third-order valence-corrected chi connectivity index (χ3v) is 11.4. The number of H-pyrrole nitrogens is 1. The fourth-order valence-corrected chi connectivity index (χ4v) is 7.44. The summed E-state index contributed by atoms with van der Waals surface area (Å²) in [5, 5.41) is 12.3. The number of hydrogen-bond acceptors (Lipinski definition) is 6. The van der Waals surface area contributed by atoms with E-state index in [1.54, 1.807) is 19.1 Å². The topological polar surface area (TPSA) is 145 Å². The summed E-state index contributed by atoms with van der Waals surface area (Å²) in [4.78, 5) is 61.1. The van der Waals surface area contributed by atoms with Crippen LogP contribution < -0.4 is 21.3 Å². The van der Waals surface area contributed by atoms with E-state index < -0.39 is 47.2 Å². The van der Waals surface area contributed by atoms with Crippen LogP contribution in [0.15, 0.2) is 55.1 Å². The van der Waals surface area contributed by atoms with Gasteiger partial charge in [0.1, 0.15) is 23.6 Å². The molecule has 1 fully saturated rings. The van der Waals surface area contributed by atoms with Crippen LogP contribution in [0.2, 0.25) is 0 Å². The third kappa shape index (κ3) is 9.81. The first kappa shape index (κ1) is 42.5. The van der Waals surface area contributed by atoms with E-state index in [4.69, 9.17) is 4.74 Å². The lowest BCUT2D eigenvalue weighted by atomic mass is 9.78. The largest absolute Gasteiger partial charge is 0.379 e. The number of alkyl halides is 2. The summed E-state index contributed by atoms with van der Waals surface area (Å²) in [6.45, 7) is 14.0. The zero-order valence-electron chi connectivity index (χ0n) is 32.7. The van der Waals surface area contributed by atoms with E-state index in [2.05, 4.69) is 37.7 Å². The molecule has 56 heavy (non-hydrogen) atoms. The molecule has 0 spiro atoms. The van der Waals surface area contributed by atoms with Gasteiger partial charge in [0.05, 0.1) is 25.2 Å². The normalized spacial score (nSPS) is 19.6. The fraction of sp³-hybridized carbons (Fsp3) is 0.524. The molecule has 5 rings (SSSR count). The van der Waals surface area contributed by atoms with Crippen molar-refractivity contribution < 1.29 is 37.1 Å². The van der Waals surface area contributed by atoms with Gasteiger partial charge in [0.2, 0.25) is 23.6 Å². The van der Waals surface area contributed by atoms with E-state index in [-0.39, 0.29) is 66.5 Å². The number of fused-ring (bicyclic) bond motifs is 3. The van der Waals surface area contributed by atoms with Crippen LogP contribution in [0.4, 0.5) is 13.2 Å². The Morgan fingerprint density at radius 2 is 1.70 bits per heavy atom. The first-order valence-corrected chi connectivity index (χ1v) is 19.6. The number of aromatic amines is 1. The molecular weight excluding hydrogens is 725 g/mol. The number of benzene rings is 2. The van der Waals surface area contributed by atoms with E-state index in [9.17, 15) is 23.6 Å². The monoisotopic (exact) mass is 780 g/mol. The first-order valence-electron chi connectivity index (χ1n) is 19.6. The van der Waals surface area contributed by atoms with Gasteiger partial charge in [-0.15, -0.1) is 0 Å². The maximum atomic E-state index is 15.1.